The molecule has 4 heteroatoms. The van der Waals surface area contributed by atoms with Crippen molar-refractivity contribution in [2.24, 2.45) is 10.7 Å². The van der Waals surface area contributed by atoms with Crippen LogP contribution >= 0.6 is 0 Å². The first-order chi connectivity index (χ1) is 4.74. The van der Waals surface area contributed by atoms with Crippen LogP contribution in [0, 0.1) is 0 Å². The molecule has 2 N–H and O–H groups in total. The highest BCUT2D eigenvalue weighted by molar-refractivity contribution is 6.26. The van der Waals surface area contributed by atoms with Crippen molar-refractivity contribution < 1.29 is 9.18 Å². The van der Waals surface area contributed by atoms with Crippen molar-refractivity contribution in [2.75, 3.05) is 0 Å². The van der Waals surface area contributed by atoms with E-state index in [1.54, 1.807) is 6.92 Å². The maximum atomic E-state index is 11.7. The number of aldehydes is 1. The van der Waals surface area contributed by atoms with Crippen LogP contribution in [0.2, 0.25) is 0 Å². The Morgan fingerprint density at radius 3 is 2.70 bits per heavy atom. The maximum Gasteiger partial charge on any atom is 0.184 e. The first kappa shape index (κ1) is 8.81. The van der Waals surface area contributed by atoms with Gasteiger partial charge in [-0.3, -0.25) is 4.79 Å². The zero-order chi connectivity index (χ0) is 7.98. The molecule has 0 atom stereocenters. The van der Waals surface area contributed by atoms with Crippen molar-refractivity contribution in [2.45, 2.75) is 13.3 Å². The molecule has 0 saturated carbocycles. The number of nitrogens with two attached hydrogens (primary N) is 1. The number of aliphatic imine (C=N–C) groups is 1. The van der Waals surface area contributed by atoms with Crippen LogP contribution < -0.4 is 5.73 Å². The van der Waals surface area contributed by atoms with Crippen molar-refractivity contribution in [1.29, 1.82) is 0 Å². The second-order valence-corrected chi connectivity index (χ2v) is 1.61. The number of rotatable bonds is 3. The number of hydrogen-bond donors (Lipinski definition) is 1. The fourth-order valence-corrected chi connectivity index (χ4v) is 0.373. The SMILES string of the molecule is CC/C(=C/F)N=C(N)C=O. The molecule has 0 amide bonds. The van der Waals surface area contributed by atoms with Gasteiger partial charge < -0.3 is 5.73 Å². The number of halogens is 1. The van der Waals surface area contributed by atoms with Crippen LogP contribution in [0.25, 0.3) is 0 Å². The molecule has 0 spiro atoms. The van der Waals surface area contributed by atoms with Gasteiger partial charge in [0.25, 0.3) is 0 Å². The number of allylic oxidation sites excluding steroid dienone is 1. The summed E-state index contributed by atoms with van der Waals surface area (Å²) in [4.78, 5) is 13.3. The fraction of sp³-hybridized carbons (Fsp3) is 0.333. The first-order valence-corrected chi connectivity index (χ1v) is 2.83. The van der Waals surface area contributed by atoms with Crippen LogP contribution in [0.1, 0.15) is 13.3 Å². The molecule has 10 heavy (non-hydrogen) atoms. The summed E-state index contributed by atoms with van der Waals surface area (Å²) < 4.78 is 11.7. The van der Waals surface area contributed by atoms with E-state index in [0.29, 0.717) is 19.0 Å². The van der Waals surface area contributed by atoms with Gasteiger partial charge in [-0.25, -0.2) is 9.38 Å². The quantitative estimate of drug-likeness (QED) is 0.361. The Balaban J connectivity index is 4.22. The smallest absolute Gasteiger partial charge is 0.184 e. The molecular formula is C6H9FN2O. The van der Waals surface area contributed by atoms with Gasteiger partial charge in [0.1, 0.15) is 6.33 Å². The summed E-state index contributed by atoms with van der Waals surface area (Å²) in [5, 5.41) is 0. The van der Waals surface area contributed by atoms with Crippen LogP contribution in [-0.2, 0) is 4.79 Å². The Labute approximate surface area is 58.4 Å². The Morgan fingerprint density at radius 1 is 1.80 bits per heavy atom. The minimum absolute atomic E-state index is 0.171. The second-order valence-electron chi connectivity index (χ2n) is 1.61. The van der Waals surface area contributed by atoms with E-state index >= 15 is 0 Å². The fourth-order valence-electron chi connectivity index (χ4n) is 0.373. The zero-order valence-electron chi connectivity index (χ0n) is 5.67. The van der Waals surface area contributed by atoms with Gasteiger partial charge in [-0.1, -0.05) is 6.92 Å². The number of carbonyl (C=O) groups is 1. The third-order valence-electron chi connectivity index (χ3n) is 0.882. The van der Waals surface area contributed by atoms with Crippen molar-refractivity contribution in [3.63, 3.8) is 0 Å². The molecule has 0 bridgehead atoms. The maximum absolute atomic E-state index is 11.7. The highest BCUT2D eigenvalue weighted by Gasteiger charge is 1.91. The molecule has 0 fully saturated rings. The van der Waals surface area contributed by atoms with Gasteiger partial charge in [0, 0.05) is 0 Å². The summed E-state index contributed by atoms with van der Waals surface area (Å²) in [7, 11) is 0. The lowest BCUT2D eigenvalue weighted by molar-refractivity contribution is -0.102. The molecule has 0 aromatic rings. The molecule has 0 saturated heterocycles. The van der Waals surface area contributed by atoms with E-state index in [4.69, 9.17) is 5.73 Å². The molecule has 56 valence electrons. The van der Waals surface area contributed by atoms with Crippen molar-refractivity contribution in [1.82, 2.24) is 0 Å². The predicted octanol–water partition coefficient (Wildman–Crippen LogP) is 0.763. The second kappa shape index (κ2) is 4.67. The molecule has 3 nitrogen and oxygen atoms in total. The van der Waals surface area contributed by atoms with Crippen LogP contribution in [-0.4, -0.2) is 12.1 Å². The summed E-state index contributed by atoms with van der Waals surface area (Å²) >= 11 is 0. The lowest BCUT2D eigenvalue weighted by Crippen LogP contribution is -2.12. The van der Waals surface area contributed by atoms with E-state index in [-0.39, 0.29) is 11.5 Å². The molecule has 0 rings (SSSR count). The summed E-state index contributed by atoms with van der Waals surface area (Å²) in [6.07, 6.45) is 1.13. The Kier molecular flexibility index (Phi) is 4.11. The summed E-state index contributed by atoms with van der Waals surface area (Å²) in [5.74, 6) is -0.203. The van der Waals surface area contributed by atoms with E-state index < -0.39 is 0 Å². The first-order valence-electron chi connectivity index (χ1n) is 2.83. The van der Waals surface area contributed by atoms with E-state index in [9.17, 15) is 9.18 Å². The van der Waals surface area contributed by atoms with Crippen LogP contribution in [0.5, 0.6) is 0 Å². The number of amidine groups is 1. The van der Waals surface area contributed by atoms with Gasteiger partial charge in [-0.05, 0) is 6.42 Å². The average molecular weight is 144 g/mol. The molecular weight excluding hydrogens is 135 g/mol. The molecule has 0 aromatic heterocycles. The standard InChI is InChI=1S/C6H9FN2O/c1-2-5(3-7)9-6(8)4-10/h3-4H,2H2,1H3,(H2,8,9)/b5-3-. The number of carbonyl (C=O) groups excluding carboxylic acids is 1. The van der Waals surface area contributed by atoms with Gasteiger partial charge in [-0.15, -0.1) is 0 Å². The molecule has 0 unspecified atom stereocenters. The lowest BCUT2D eigenvalue weighted by Gasteiger charge is -1.91. The van der Waals surface area contributed by atoms with Crippen molar-refractivity contribution in [3.05, 3.63) is 12.0 Å². The summed E-state index contributed by atoms with van der Waals surface area (Å²) in [6, 6.07) is 0. The Hall–Kier alpha value is -1.19. The molecule has 0 radical (unpaired) electrons. The average Bonchev–Trinajstić information content (AvgIpc) is 1.99. The predicted molar refractivity (Wildman–Crippen MR) is 37.2 cm³/mol. The normalized spacial score (nSPS) is 13.4. The molecule has 0 aliphatic rings. The molecule has 0 aliphatic heterocycles. The zero-order valence-corrected chi connectivity index (χ0v) is 5.67. The highest BCUT2D eigenvalue weighted by Crippen LogP contribution is 2.01. The van der Waals surface area contributed by atoms with Crippen LogP contribution in [0.4, 0.5) is 4.39 Å². The van der Waals surface area contributed by atoms with Crippen LogP contribution in [0.3, 0.4) is 0 Å². The van der Waals surface area contributed by atoms with Gasteiger partial charge in [0.05, 0.1) is 5.70 Å². The van der Waals surface area contributed by atoms with E-state index in [1.807, 2.05) is 0 Å². The van der Waals surface area contributed by atoms with Gasteiger partial charge >= 0.3 is 0 Å². The van der Waals surface area contributed by atoms with Gasteiger partial charge in [0.2, 0.25) is 0 Å². The monoisotopic (exact) mass is 144 g/mol. The Morgan fingerprint density at radius 2 is 2.40 bits per heavy atom. The van der Waals surface area contributed by atoms with Crippen molar-refractivity contribution >= 4 is 12.1 Å². The number of nitrogens with zero attached hydrogens (tertiary/aromatic N) is 1. The Bertz CT molecular complexity index is 175. The highest BCUT2D eigenvalue weighted by atomic mass is 19.1. The minimum atomic E-state index is -0.203. The third kappa shape index (κ3) is 2.96. The van der Waals surface area contributed by atoms with E-state index in [0.717, 1.165) is 0 Å². The van der Waals surface area contributed by atoms with Crippen molar-refractivity contribution in [3.8, 4) is 0 Å². The van der Waals surface area contributed by atoms with Crippen LogP contribution in [0.15, 0.2) is 17.0 Å². The topological polar surface area (TPSA) is 55.4 Å². The van der Waals surface area contributed by atoms with E-state index in [2.05, 4.69) is 4.99 Å². The molecule has 0 heterocycles. The molecule has 0 aromatic carbocycles. The van der Waals surface area contributed by atoms with Gasteiger partial charge in [-0.2, -0.15) is 0 Å². The van der Waals surface area contributed by atoms with Gasteiger partial charge in [0.15, 0.2) is 12.1 Å². The molecule has 0 aliphatic carbocycles. The third-order valence-corrected chi connectivity index (χ3v) is 0.882. The van der Waals surface area contributed by atoms with E-state index in [1.165, 1.54) is 0 Å². The largest absolute Gasteiger partial charge is 0.381 e. The minimum Gasteiger partial charge on any atom is -0.381 e. The summed E-state index contributed by atoms with van der Waals surface area (Å²) in [6.45, 7) is 1.72. The number of hydrogen-bond acceptors (Lipinski definition) is 2. The lowest BCUT2D eigenvalue weighted by atomic mass is 10.4. The summed E-state index contributed by atoms with van der Waals surface area (Å²) in [5.41, 5.74) is 5.17.